The summed E-state index contributed by atoms with van der Waals surface area (Å²) < 4.78 is 0. The summed E-state index contributed by atoms with van der Waals surface area (Å²) in [5.74, 6) is 0. The van der Waals surface area contributed by atoms with Gasteiger partial charge in [0.2, 0.25) is 6.41 Å². The molecule has 0 bridgehead atoms. The van der Waals surface area contributed by atoms with Gasteiger partial charge in [0.05, 0.1) is 6.07 Å². The van der Waals surface area contributed by atoms with Gasteiger partial charge < -0.3 is 16.5 Å². The van der Waals surface area contributed by atoms with E-state index in [2.05, 4.69) is 5.32 Å². The van der Waals surface area contributed by atoms with E-state index in [1.54, 1.807) is 12.1 Å². The van der Waals surface area contributed by atoms with Crippen molar-refractivity contribution in [2.24, 2.45) is 0 Å². The number of nitrogens with one attached hydrogen (secondary N) is 3. The van der Waals surface area contributed by atoms with Crippen LogP contribution in [-0.4, -0.2) is 18.2 Å². The van der Waals surface area contributed by atoms with Crippen LogP contribution >= 0.6 is 11.6 Å². The number of aryl methyl sites for hydroxylation is 1. The summed E-state index contributed by atoms with van der Waals surface area (Å²) >= 11 is 5.85. The number of carbonyl (C=O) groups excluding carboxylic acids is 1. The topological polar surface area (TPSA) is 101 Å². The van der Waals surface area contributed by atoms with Crippen molar-refractivity contribution in [3.05, 3.63) is 46.3 Å². The van der Waals surface area contributed by atoms with Crippen molar-refractivity contribution in [1.29, 1.82) is 10.7 Å². The number of halogens is 1. The molecule has 0 spiro atoms. The number of nitrogens with zero attached hydrogens (tertiary/aromatic N) is 1. The molecule has 1 radical (unpaired) electrons. The van der Waals surface area contributed by atoms with Gasteiger partial charge >= 0.3 is 0 Å². The zero-order valence-corrected chi connectivity index (χ0v) is 15.8. The average Bonchev–Trinajstić information content (AvgIpc) is 3.25. The first-order chi connectivity index (χ1) is 10.0. The minimum atomic E-state index is -0.470. The fourth-order valence-electron chi connectivity index (χ4n) is 1.56. The monoisotopic (exact) mass is 392 g/mol. The number of amides is 1. The van der Waals surface area contributed by atoms with Gasteiger partial charge in [0.15, 0.2) is 0 Å². The molecule has 1 aliphatic rings. The van der Waals surface area contributed by atoms with Gasteiger partial charge in [-0.1, -0.05) is 17.7 Å². The first-order valence-electron chi connectivity index (χ1n) is 6.29. The Labute approximate surface area is 160 Å². The molecular formula is C15H16ClN4OY-. The Morgan fingerprint density at radius 2 is 2.18 bits per heavy atom. The summed E-state index contributed by atoms with van der Waals surface area (Å²) in [6.45, 7) is 1.90. The molecule has 1 aliphatic carbocycles. The summed E-state index contributed by atoms with van der Waals surface area (Å²) in [4.78, 5) is 9.76. The summed E-state index contributed by atoms with van der Waals surface area (Å²) in [6, 6.07) is 7.46. The largest absolute Gasteiger partial charge is 0.704 e. The van der Waals surface area contributed by atoms with Crippen molar-refractivity contribution >= 4 is 29.8 Å². The van der Waals surface area contributed by atoms with E-state index in [-0.39, 0.29) is 32.7 Å². The van der Waals surface area contributed by atoms with Crippen molar-refractivity contribution < 1.29 is 37.5 Å². The minimum absolute atomic E-state index is 0. The predicted molar refractivity (Wildman–Crippen MR) is 84.0 cm³/mol. The molecule has 3 N–H and O–H groups in total. The molecule has 2 rings (SSSR count). The number of benzene rings is 1. The molecule has 0 atom stereocenters. The predicted octanol–water partition coefficient (Wildman–Crippen LogP) is 3.48. The van der Waals surface area contributed by atoms with Crippen molar-refractivity contribution in [3.8, 4) is 6.07 Å². The second-order valence-electron chi connectivity index (χ2n) is 4.66. The molecule has 0 aliphatic heterocycles. The molecule has 1 aromatic rings. The number of hydrogen-bond donors (Lipinski definition) is 2. The van der Waals surface area contributed by atoms with Crippen LogP contribution in [0.25, 0.3) is 11.3 Å². The van der Waals surface area contributed by atoms with Crippen molar-refractivity contribution in [2.75, 3.05) is 0 Å². The minimum Gasteiger partial charge on any atom is -0.704 e. The Morgan fingerprint density at radius 1 is 1.55 bits per heavy atom. The Balaban J connectivity index is 0.000000423. The standard InChI is InChI=1S/C10H10ClN2.C5H6N2O.Y/c1-7-4-8(2-3-10(7)11)9(5-12)6-13;6-3-5(1-2-5)7-4-8;/h2-6,12-13H,1H3;4H,1-2H2,(H,7,8);/q-1;;/b9-5+,13-6?;;. The maximum Gasteiger partial charge on any atom is 0.208 e. The SMILES string of the molecule is Cc1cc(/C(C=N)=C/[NH-])ccc1Cl.N#CC1(NC=O)CC1.[Y]. The molecule has 1 amide bonds. The van der Waals surface area contributed by atoms with Gasteiger partial charge in [0, 0.05) is 43.9 Å². The molecule has 0 aromatic heterocycles. The molecule has 22 heavy (non-hydrogen) atoms. The first-order valence-corrected chi connectivity index (χ1v) is 6.66. The fraction of sp³-hybridized carbons (Fsp3) is 0.267. The van der Waals surface area contributed by atoms with Crippen LogP contribution in [-0.2, 0) is 37.5 Å². The van der Waals surface area contributed by atoms with Gasteiger partial charge in [-0.15, -0.1) is 0 Å². The zero-order chi connectivity index (χ0) is 15.9. The number of rotatable bonds is 4. The second kappa shape index (κ2) is 9.73. The number of carbonyl (C=O) groups is 1. The van der Waals surface area contributed by atoms with Gasteiger partial charge in [-0.2, -0.15) is 11.5 Å². The van der Waals surface area contributed by atoms with Gasteiger partial charge in [0.1, 0.15) is 5.54 Å². The van der Waals surface area contributed by atoms with Crippen LogP contribution in [0.2, 0.25) is 5.02 Å². The molecule has 5 nitrogen and oxygen atoms in total. The van der Waals surface area contributed by atoms with Crippen LogP contribution in [0.1, 0.15) is 24.0 Å². The smallest absolute Gasteiger partial charge is 0.208 e. The fourth-order valence-corrected chi connectivity index (χ4v) is 1.68. The molecule has 0 saturated heterocycles. The normalized spacial score (nSPS) is 14.3. The van der Waals surface area contributed by atoms with E-state index in [1.807, 2.05) is 19.1 Å². The van der Waals surface area contributed by atoms with Crippen molar-refractivity contribution in [3.63, 3.8) is 0 Å². The average molecular weight is 393 g/mol. The first kappa shape index (κ1) is 20.8. The maximum absolute atomic E-state index is 9.76. The zero-order valence-electron chi connectivity index (χ0n) is 12.2. The van der Waals surface area contributed by atoms with Gasteiger partial charge in [-0.05, 0) is 48.6 Å². The van der Waals surface area contributed by atoms with Crippen molar-refractivity contribution in [2.45, 2.75) is 25.3 Å². The van der Waals surface area contributed by atoms with E-state index in [0.717, 1.165) is 36.4 Å². The van der Waals surface area contributed by atoms with Crippen LogP contribution < -0.4 is 5.32 Å². The van der Waals surface area contributed by atoms with Crippen LogP contribution in [0.15, 0.2) is 24.4 Å². The summed E-state index contributed by atoms with van der Waals surface area (Å²) in [6.07, 6.45) is 4.52. The molecule has 7 heteroatoms. The Hall–Kier alpha value is -1.22. The number of nitriles is 1. The number of hydrogen-bond acceptors (Lipinski definition) is 3. The molecule has 1 aromatic carbocycles. The van der Waals surface area contributed by atoms with Gasteiger partial charge in [0.25, 0.3) is 0 Å². The molecule has 0 heterocycles. The van der Waals surface area contributed by atoms with E-state index >= 15 is 0 Å². The van der Waals surface area contributed by atoms with E-state index in [1.165, 1.54) is 0 Å². The second-order valence-corrected chi connectivity index (χ2v) is 5.07. The molecule has 1 fully saturated rings. The third-order valence-electron chi connectivity index (χ3n) is 3.10. The molecule has 0 unspecified atom stereocenters. The third-order valence-corrected chi connectivity index (χ3v) is 3.53. The van der Waals surface area contributed by atoms with E-state index in [4.69, 9.17) is 28.0 Å². The van der Waals surface area contributed by atoms with Gasteiger partial charge in [-0.25, -0.2) is 0 Å². The van der Waals surface area contributed by atoms with E-state index < -0.39 is 5.54 Å². The quantitative estimate of drug-likeness (QED) is 0.605. The Bertz CT molecular complexity index is 606. The molecular weight excluding hydrogens is 377 g/mol. The summed E-state index contributed by atoms with van der Waals surface area (Å²) in [7, 11) is 0. The Kier molecular flexibility index (Phi) is 9.19. The number of allylic oxidation sites excluding steroid dienone is 1. The van der Waals surface area contributed by atoms with Crippen molar-refractivity contribution in [1.82, 2.24) is 5.32 Å². The maximum atomic E-state index is 9.76. The van der Waals surface area contributed by atoms with Crippen LogP contribution in [0.3, 0.4) is 0 Å². The summed E-state index contributed by atoms with van der Waals surface area (Å²) in [5.41, 5.74) is 9.00. The Morgan fingerprint density at radius 3 is 2.50 bits per heavy atom. The van der Waals surface area contributed by atoms with Gasteiger partial charge in [-0.3, -0.25) is 4.79 Å². The molecule has 1 saturated carbocycles. The van der Waals surface area contributed by atoms with Crippen LogP contribution in [0.5, 0.6) is 0 Å². The summed E-state index contributed by atoms with van der Waals surface area (Å²) in [5, 5.41) is 18.5. The van der Waals surface area contributed by atoms with E-state index in [9.17, 15) is 4.79 Å². The van der Waals surface area contributed by atoms with Crippen LogP contribution in [0, 0.1) is 23.7 Å². The van der Waals surface area contributed by atoms with Crippen LogP contribution in [0.4, 0.5) is 0 Å². The third kappa shape index (κ3) is 5.88. The van der Waals surface area contributed by atoms with E-state index in [0.29, 0.717) is 17.0 Å². The molecule has 113 valence electrons.